The van der Waals surface area contributed by atoms with Gasteiger partial charge in [0.1, 0.15) is 11.8 Å². The number of nitrogens with two attached hydrogens (primary N) is 1. The van der Waals surface area contributed by atoms with Crippen LogP contribution < -0.4 is 11.1 Å². The van der Waals surface area contributed by atoms with Crippen molar-refractivity contribution in [2.75, 3.05) is 24.0 Å². The summed E-state index contributed by atoms with van der Waals surface area (Å²) in [4.78, 5) is 11.2. The van der Waals surface area contributed by atoms with E-state index in [2.05, 4.69) is 20.3 Å². The molecule has 0 spiro atoms. The fraction of sp³-hybridized carbons (Fsp3) is 0.455. The number of nitrogens with zero attached hydrogens (tertiary/aromatic N) is 2. The molecule has 0 aliphatic heterocycles. The van der Waals surface area contributed by atoms with Crippen molar-refractivity contribution >= 4 is 28.6 Å². The first kappa shape index (κ1) is 14.1. The van der Waals surface area contributed by atoms with E-state index in [9.17, 15) is 5.11 Å². The van der Waals surface area contributed by atoms with Crippen molar-refractivity contribution in [3.63, 3.8) is 0 Å². The fourth-order valence-corrected chi connectivity index (χ4v) is 2.39. The molecule has 8 heteroatoms. The number of H-pyrrole nitrogens is 1. The van der Waals surface area contributed by atoms with Crippen molar-refractivity contribution in [2.24, 2.45) is 0 Å². The molecule has 0 fully saturated rings. The van der Waals surface area contributed by atoms with Gasteiger partial charge in [-0.25, -0.2) is 9.97 Å². The number of hydrogen-bond acceptors (Lipinski definition) is 7. The molecule has 0 bridgehead atoms. The van der Waals surface area contributed by atoms with Crippen LogP contribution in [0.15, 0.2) is 12.5 Å². The number of nitrogens with one attached hydrogen (secondary N) is 2. The molecule has 0 aliphatic carbocycles. The number of thioether (sulfide) groups is 1. The third-order valence-electron chi connectivity index (χ3n) is 2.78. The molecular weight excluding hydrogens is 266 g/mol. The molecule has 1 atom stereocenters. The van der Waals surface area contributed by atoms with Crippen LogP contribution >= 0.6 is 11.8 Å². The van der Waals surface area contributed by atoms with Crippen molar-refractivity contribution in [1.29, 1.82) is 0 Å². The molecule has 0 amide bonds. The number of aromatic amines is 1. The molecule has 0 unspecified atom stereocenters. The van der Waals surface area contributed by atoms with Crippen LogP contribution in [-0.2, 0) is 6.54 Å². The van der Waals surface area contributed by atoms with Crippen LogP contribution in [0.2, 0.25) is 0 Å². The third kappa shape index (κ3) is 3.35. The monoisotopic (exact) mass is 283 g/mol. The molecule has 0 aromatic carbocycles. The van der Waals surface area contributed by atoms with Gasteiger partial charge < -0.3 is 26.2 Å². The Bertz CT molecular complexity index is 533. The van der Waals surface area contributed by atoms with Gasteiger partial charge in [0.05, 0.1) is 18.1 Å². The van der Waals surface area contributed by atoms with Crippen molar-refractivity contribution < 1.29 is 10.2 Å². The van der Waals surface area contributed by atoms with E-state index in [1.54, 1.807) is 0 Å². The average molecular weight is 283 g/mol. The summed E-state index contributed by atoms with van der Waals surface area (Å²) in [5, 5.41) is 21.2. The minimum Gasteiger partial charge on any atom is -0.395 e. The Hall–Kier alpha value is -1.35. The second kappa shape index (κ2) is 6.71. The summed E-state index contributed by atoms with van der Waals surface area (Å²) in [5.74, 6) is 1.12. The average Bonchev–Trinajstić information content (AvgIpc) is 2.84. The molecule has 104 valence electrons. The van der Waals surface area contributed by atoms with Crippen LogP contribution in [0.25, 0.3) is 11.0 Å². The maximum atomic E-state index is 9.23. The molecular formula is C11H17N5O2S. The topological polar surface area (TPSA) is 120 Å². The second-order valence-corrected chi connectivity index (χ2v) is 5.06. The maximum absolute atomic E-state index is 9.23. The Balaban J connectivity index is 2.03. The van der Waals surface area contributed by atoms with Gasteiger partial charge >= 0.3 is 0 Å². The van der Waals surface area contributed by atoms with Crippen LogP contribution in [0.3, 0.4) is 0 Å². The van der Waals surface area contributed by atoms with E-state index >= 15 is 0 Å². The van der Waals surface area contributed by atoms with E-state index in [4.69, 9.17) is 10.8 Å². The first-order chi connectivity index (χ1) is 9.26. The zero-order chi connectivity index (χ0) is 13.7. The van der Waals surface area contributed by atoms with E-state index in [0.29, 0.717) is 18.1 Å². The van der Waals surface area contributed by atoms with Gasteiger partial charge in [-0.2, -0.15) is 0 Å². The Kier molecular flexibility index (Phi) is 4.97. The van der Waals surface area contributed by atoms with Gasteiger partial charge in [0, 0.05) is 30.1 Å². The van der Waals surface area contributed by atoms with E-state index in [-0.39, 0.29) is 18.6 Å². The van der Waals surface area contributed by atoms with Crippen molar-refractivity contribution in [3.8, 4) is 0 Å². The highest BCUT2D eigenvalue weighted by atomic mass is 32.2. The Morgan fingerprint density at radius 1 is 1.42 bits per heavy atom. The van der Waals surface area contributed by atoms with Crippen LogP contribution in [0.5, 0.6) is 0 Å². The van der Waals surface area contributed by atoms with Crippen molar-refractivity contribution in [3.05, 3.63) is 18.1 Å². The van der Waals surface area contributed by atoms with E-state index < -0.39 is 0 Å². The van der Waals surface area contributed by atoms with Gasteiger partial charge in [0.15, 0.2) is 5.82 Å². The van der Waals surface area contributed by atoms with Gasteiger partial charge in [-0.05, 0) is 0 Å². The molecule has 0 aliphatic rings. The summed E-state index contributed by atoms with van der Waals surface area (Å²) in [7, 11) is 0. The predicted molar refractivity (Wildman–Crippen MR) is 75.6 cm³/mol. The highest BCUT2D eigenvalue weighted by molar-refractivity contribution is 7.99. The van der Waals surface area contributed by atoms with Crippen molar-refractivity contribution in [1.82, 2.24) is 20.3 Å². The van der Waals surface area contributed by atoms with E-state index in [1.165, 1.54) is 18.1 Å². The summed E-state index contributed by atoms with van der Waals surface area (Å²) < 4.78 is 0. The van der Waals surface area contributed by atoms with Crippen LogP contribution in [-0.4, -0.2) is 49.5 Å². The molecule has 6 N–H and O–H groups in total. The summed E-state index contributed by atoms with van der Waals surface area (Å²) in [6, 6.07) is -0.0683. The number of fused-ring (bicyclic) bond motifs is 1. The van der Waals surface area contributed by atoms with Crippen LogP contribution in [0.4, 0.5) is 5.82 Å². The summed E-state index contributed by atoms with van der Waals surface area (Å²) in [5.41, 5.74) is 8.22. The predicted octanol–water partition coefficient (Wildman–Crippen LogP) is -0.326. The first-order valence-corrected chi connectivity index (χ1v) is 7.01. The van der Waals surface area contributed by atoms with Gasteiger partial charge in [-0.15, -0.1) is 11.8 Å². The highest BCUT2D eigenvalue weighted by Gasteiger charge is 2.11. The SMILES string of the molecule is Nc1ncnc2c(CN[C@@H](CO)CSCO)c[nH]c12. The molecule has 2 rings (SSSR count). The smallest absolute Gasteiger partial charge is 0.151 e. The first-order valence-electron chi connectivity index (χ1n) is 5.85. The number of rotatable bonds is 7. The molecule has 2 heterocycles. The second-order valence-electron chi connectivity index (χ2n) is 4.06. The van der Waals surface area contributed by atoms with Gasteiger partial charge in [-0.1, -0.05) is 0 Å². The van der Waals surface area contributed by atoms with Gasteiger partial charge in [0.25, 0.3) is 0 Å². The minimum absolute atomic E-state index is 0.0203. The Labute approximate surface area is 114 Å². The molecule has 0 radical (unpaired) electrons. The lowest BCUT2D eigenvalue weighted by Crippen LogP contribution is -2.34. The summed E-state index contributed by atoms with van der Waals surface area (Å²) >= 11 is 1.36. The van der Waals surface area contributed by atoms with E-state index in [0.717, 1.165) is 16.6 Å². The largest absolute Gasteiger partial charge is 0.395 e. The fourth-order valence-electron chi connectivity index (χ4n) is 1.77. The lowest BCUT2D eigenvalue weighted by Gasteiger charge is -2.14. The Morgan fingerprint density at radius 3 is 3.00 bits per heavy atom. The van der Waals surface area contributed by atoms with Gasteiger partial charge in [0.2, 0.25) is 0 Å². The number of aromatic nitrogens is 3. The number of anilines is 1. The number of hydrogen-bond donors (Lipinski definition) is 5. The van der Waals surface area contributed by atoms with Crippen molar-refractivity contribution in [2.45, 2.75) is 12.6 Å². The lowest BCUT2D eigenvalue weighted by atomic mass is 10.2. The number of aliphatic hydroxyl groups excluding tert-OH is 2. The zero-order valence-electron chi connectivity index (χ0n) is 10.3. The molecule has 7 nitrogen and oxygen atoms in total. The Morgan fingerprint density at radius 2 is 2.26 bits per heavy atom. The van der Waals surface area contributed by atoms with Gasteiger partial charge in [-0.3, -0.25) is 0 Å². The zero-order valence-corrected chi connectivity index (χ0v) is 11.2. The molecule has 0 saturated heterocycles. The standard InChI is InChI=1S/C11H17N5O2S/c12-11-10-9(15-5-16-11)7(2-14-10)1-13-8(3-17)4-19-6-18/h2,5,8,13-14,17-18H,1,3-4,6H2,(H2,12,15,16)/t8-/m0/s1. The third-order valence-corrected chi connectivity index (χ3v) is 3.60. The maximum Gasteiger partial charge on any atom is 0.151 e. The molecule has 0 saturated carbocycles. The van der Waals surface area contributed by atoms with Crippen LogP contribution in [0.1, 0.15) is 5.56 Å². The molecule has 19 heavy (non-hydrogen) atoms. The quantitative estimate of drug-likeness (QED) is 0.441. The highest BCUT2D eigenvalue weighted by Crippen LogP contribution is 2.18. The normalized spacial score (nSPS) is 12.9. The number of nitrogen functional groups attached to an aromatic ring is 1. The molecule has 2 aromatic rings. The van der Waals surface area contributed by atoms with E-state index in [1.807, 2.05) is 6.20 Å². The minimum atomic E-state index is -0.0683. The lowest BCUT2D eigenvalue weighted by molar-refractivity contribution is 0.253. The summed E-state index contributed by atoms with van der Waals surface area (Å²) in [6.07, 6.45) is 3.26. The van der Waals surface area contributed by atoms with Crippen LogP contribution in [0, 0.1) is 0 Å². The molecule has 2 aromatic heterocycles. The summed E-state index contributed by atoms with van der Waals surface area (Å²) in [6.45, 7) is 0.583. The number of aliphatic hydroxyl groups is 2.